The van der Waals surface area contributed by atoms with Crippen molar-refractivity contribution in [2.24, 2.45) is 11.7 Å². The molecule has 1 aliphatic rings. The molecule has 0 radical (unpaired) electrons. The van der Waals surface area contributed by atoms with E-state index in [4.69, 9.17) is 5.73 Å². The summed E-state index contributed by atoms with van der Waals surface area (Å²) in [7, 11) is 0. The van der Waals surface area contributed by atoms with Crippen LogP contribution >= 0.6 is 0 Å². The van der Waals surface area contributed by atoms with Crippen LogP contribution in [0.15, 0.2) is 0 Å². The first-order chi connectivity index (χ1) is 7.06. The number of rotatable bonds is 3. The van der Waals surface area contributed by atoms with Gasteiger partial charge in [0.15, 0.2) is 0 Å². The maximum atomic E-state index is 11.8. The molecule has 1 saturated heterocycles. The molecule has 1 fully saturated rings. The van der Waals surface area contributed by atoms with Gasteiger partial charge < -0.3 is 16.0 Å². The lowest BCUT2D eigenvalue weighted by Gasteiger charge is -2.33. The first-order valence-corrected chi connectivity index (χ1v) is 5.33. The second kappa shape index (κ2) is 5.11. The van der Waals surface area contributed by atoms with E-state index in [1.165, 1.54) is 0 Å². The van der Waals surface area contributed by atoms with E-state index < -0.39 is 0 Å². The van der Waals surface area contributed by atoms with Crippen LogP contribution in [0, 0.1) is 5.92 Å². The lowest BCUT2D eigenvalue weighted by molar-refractivity contribution is -0.143. The molecule has 0 aromatic carbocycles. The van der Waals surface area contributed by atoms with Gasteiger partial charge >= 0.3 is 0 Å². The third-order valence-corrected chi connectivity index (χ3v) is 2.74. The van der Waals surface area contributed by atoms with Crippen molar-refractivity contribution in [2.75, 3.05) is 19.6 Å². The van der Waals surface area contributed by atoms with Crippen molar-refractivity contribution in [3.05, 3.63) is 0 Å². The first-order valence-electron chi connectivity index (χ1n) is 5.33. The maximum absolute atomic E-state index is 11.8. The lowest BCUT2D eigenvalue weighted by atomic mass is 10.1. The van der Waals surface area contributed by atoms with Crippen LogP contribution in [0.2, 0.25) is 0 Å². The quantitative estimate of drug-likeness (QED) is 0.652. The standard InChI is InChI=1S/C10H19N3O2/c1-7(6-11)5-9(14)13-4-3-12-10(15)8(13)2/h7-8H,3-6,11H2,1-2H3,(H,12,15). The van der Waals surface area contributed by atoms with Crippen LogP contribution in [-0.2, 0) is 9.59 Å². The number of carbonyl (C=O) groups is 2. The van der Waals surface area contributed by atoms with Gasteiger partial charge in [0.25, 0.3) is 0 Å². The predicted octanol–water partition coefficient (Wildman–Crippen LogP) is -0.682. The van der Waals surface area contributed by atoms with Crippen molar-refractivity contribution >= 4 is 11.8 Å². The van der Waals surface area contributed by atoms with Crippen molar-refractivity contribution in [3.8, 4) is 0 Å². The summed E-state index contributed by atoms with van der Waals surface area (Å²) in [6.45, 7) is 5.33. The van der Waals surface area contributed by atoms with Crippen molar-refractivity contribution in [3.63, 3.8) is 0 Å². The molecule has 86 valence electrons. The van der Waals surface area contributed by atoms with Crippen LogP contribution < -0.4 is 11.1 Å². The van der Waals surface area contributed by atoms with Gasteiger partial charge in [0.1, 0.15) is 6.04 Å². The Morgan fingerprint density at radius 3 is 3.00 bits per heavy atom. The molecule has 2 amide bonds. The normalized spacial score (nSPS) is 23.5. The van der Waals surface area contributed by atoms with Crippen LogP contribution in [0.25, 0.3) is 0 Å². The second-order valence-corrected chi connectivity index (χ2v) is 4.10. The van der Waals surface area contributed by atoms with E-state index >= 15 is 0 Å². The number of amides is 2. The van der Waals surface area contributed by atoms with Crippen LogP contribution in [0.3, 0.4) is 0 Å². The maximum Gasteiger partial charge on any atom is 0.242 e. The Labute approximate surface area is 90.0 Å². The number of nitrogens with two attached hydrogens (primary N) is 1. The SMILES string of the molecule is CC(CN)CC(=O)N1CCNC(=O)C1C. The minimum Gasteiger partial charge on any atom is -0.353 e. The monoisotopic (exact) mass is 213 g/mol. The van der Waals surface area contributed by atoms with Gasteiger partial charge in [-0.05, 0) is 19.4 Å². The molecule has 3 N–H and O–H groups in total. The van der Waals surface area contributed by atoms with Crippen molar-refractivity contribution in [1.82, 2.24) is 10.2 Å². The Morgan fingerprint density at radius 2 is 2.40 bits per heavy atom. The van der Waals surface area contributed by atoms with E-state index in [2.05, 4.69) is 5.32 Å². The van der Waals surface area contributed by atoms with Gasteiger partial charge in [-0.2, -0.15) is 0 Å². The van der Waals surface area contributed by atoms with Gasteiger partial charge in [-0.3, -0.25) is 9.59 Å². The summed E-state index contributed by atoms with van der Waals surface area (Å²) >= 11 is 0. The van der Waals surface area contributed by atoms with E-state index in [0.717, 1.165) is 0 Å². The van der Waals surface area contributed by atoms with E-state index in [1.807, 2.05) is 6.92 Å². The molecule has 0 spiro atoms. The number of piperazine rings is 1. The summed E-state index contributed by atoms with van der Waals surface area (Å²) < 4.78 is 0. The van der Waals surface area contributed by atoms with Gasteiger partial charge in [0.2, 0.25) is 11.8 Å². The van der Waals surface area contributed by atoms with Crippen molar-refractivity contribution in [1.29, 1.82) is 0 Å². The molecule has 0 saturated carbocycles. The Balaban J connectivity index is 2.54. The molecule has 1 heterocycles. The summed E-state index contributed by atoms with van der Waals surface area (Å²) in [4.78, 5) is 24.8. The second-order valence-electron chi connectivity index (χ2n) is 4.10. The topological polar surface area (TPSA) is 75.4 Å². The molecule has 2 atom stereocenters. The number of nitrogens with one attached hydrogen (secondary N) is 1. The van der Waals surface area contributed by atoms with E-state index in [9.17, 15) is 9.59 Å². The number of hydrogen-bond donors (Lipinski definition) is 2. The Morgan fingerprint density at radius 1 is 1.73 bits per heavy atom. The summed E-state index contributed by atoms with van der Waals surface area (Å²) in [5.41, 5.74) is 5.46. The van der Waals surface area contributed by atoms with Crippen LogP contribution in [0.4, 0.5) is 0 Å². The molecule has 5 nitrogen and oxygen atoms in total. The summed E-state index contributed by atoms with van der Waals surface area (Å²) in [6.07, 6.45) is 0.425. The highest BCUT2D eigenvalue weighted by Gasteiger charge is 2.29. The Kier molecular flexibility index (Phi) is 4.08. The fourth-order valence-electron chi connectivity index (χ4n) is 1.62. The lowest BCUT2D eigenvalue weighted by Crippen LogP contribution is -2.56. The zero-order valence-corrected chi connectivity index (χ0v) is 9.32. The molecule has 0 bridgehead atoms. The average Bonchev–Trinajstić information content (AvgIpc) is 2.21. The minimum atomic E-state index is -0.351. The van der Waals surface area contributed by atoms with E-state index in [1.54, 1.807) is 11.8 Å². The van der Waals surface area contributed by atoms with Gasteiger partial charge in [0, 0.05) is 19.5 Å². The molecule has 5 heteroatoms. The fraction of sp³-hybridized carbons (Fsp3) is 0.800. The Hall–Kier alpha value is -1.10. The molecule has 1 aliphatic heterocycles. The van der Waals surface area contributed by atoms with E-state index in [0.29, 0.717) is 26.1 Å². The molecule has 0 aromatic rings. The fourth-order valence-corrected chi connectivity index (χ4v) is 1.62. The molecular weight excluding hydrogens is 194 g/mol. The Bertz CT molecular complexity index is 255. The highest BCUT2D eigenvalue weighted by Crippen LogP contribution is 2.09. The van der Waals surface area contributed by atoms with Crippen molar-refractivity contribution < 1.29 is 9.59 Å². The van der Waals surface area contributed by atoms with Crippen LogP contribution in [0.1, 0.15) is 20.3 Å². The average molecular weight is 213 g/mol. The van der Waals surface area contributed by atoms with Crippen molar-refractivity contribution in [2.45, 2.75) is 26.3 Å². The van der Waals surface area contributed by atoms with E-state index in [-0.39, 0.29) is 23.8 Å². The summed E-state index contributed by atoms with van der Waals surface area (Å²) in [5, 5.41) is 2.73. The van der Waals surface area contributed by atoms with Crippen LogP contribution in [-0.4, -0.2) is 42.4 Å². The molecule has 2 unspecified atom stereocenters. The minimum absolute atomic E-state index is 0.0234. The third-order valence-electron chi connectivity index (χ3n) is 2.74. The van der Waals surface area contributed by atoms with Gasteiger partial charge in [-0.1, -0.05) is 6.92 Å². The molecule has 1 rings (SSSR count). The predicted molar refractivity (Wildman–Crippen MR) is 57.0 cm³/mol. The summed E-state index contributed by atoms with van der Waals surface area (Å²) in [5.74, 6) is 0.125. The molecule has 0 aromatic heterocycles. The molecule has 0 aliphatic carbocycles. The summed E-state index contributed by atoms with van der Waals surface area (Å²) in [6, 6.07) is -0.351. The van der Waals surface area contributed by atoms with Crippen LogP contribution in [0.5, 0.6) is 0 Å². The third kappa shape index (κ3) is 2.92. The number of carbonyl (C=O) groups excluding carboxylic acids is 2. The smallest absolute Gasteiger partial charge is 0.242 e. The highest BCUT2D eigenvalue weighted by atomic mass is 16.2. The zero-order valence-electron chi connectivity index (χ0n) is 9.32. The number of nitrogens with zero attached hydrogens (tertiary/aromatic N) is 1. The largest absolute Gasteiger partial charge is 0.353 e. The highest BCUT2D eigenvalue weighted by molar-refractivity contribution is 5.88. The van der Waals surface area contributed by atoms with Gasteiger partial charge in [-0.15, -0.1) is 0 Å². The first kappa shape index (κ1) is 12.0. The molecule has 15 heavy (non-hydrogen) atoms. The molecular formula is C10H19N3O2. The van der Waals surface area contributed by atoms with Gasteiger partial charge in [0.05, 0.1) is 0 Å². The number of hydrogen-bond acceptors (Lipinski definition) is 3. The van der Waals surface area contributed by atoms with Gasteiger partial charge in [-0.25, -0.2) is 0 Å². The zero-order chi connectivity index (χ0) is 11.4.